The van der Waals surface area contributed by atoms with Crippen molar-refractivity contribution in [3.05, 3.63) is 92.1 Å². The molecule has 1 aliphatic rings. The van der Waals surface area contributed by atoms with Crippen LogP contribution < -0.4 is 4.74 Å². The van der Waals surface area contributed by atoms with Crippen molar-refractivity contribution in [2.45, 2.75) is 46.2 Å². The van der Waals surface area contributed by atoms with E-state index in [0.29, 0.717) is 22.2 Å². The number of methoxy groups -OCH3 is 1. The van der Waals surface area contributed by atoms with Gasteiger partial charge in [0.05, 0.1) is 34.3 Å². The minimum atomic E-state index is -0.704. The highest BCUT2D eigenvalue weighted by Crippen LogP contribution is 2.41. The minimum absolute atomic E-state index is 0.0996. The molecule has 1 aromatic heterocycles. The Hall–Kier alpha value is -3.45. The average Bonchev–Trinajstić information content (AvgIpc) is 3.29. The smallest absolute Gasteiger partial charge is 0.290 e. The van der Waals surface area contributed by atoms with E-state index in [2.05, 4.69) is 18.8 Å². The first-order valence-corrected chi connectivity index (χ1v) is 12.0. The molecule has 1 N–H and O–H groups in total. The molecule has 0 radical (unpaired) electrons. The number of rotatable bonds is 7. The van der Waals surface area contributed by atoms with Gasteiger partial charge in [0.1, 0.15) is 5.75 Å². The summed E-state index contributed by atoms with van der Waals surface area (Å²) in [5.41, 5.74) is 3.50. The maximum atomic E-state index is 13.6. The van der Waals surface area contributed by atoms with Gasteiger partial charge in [-0.25, -0.2) is 4.98 Å². The lowest BCUT2D eigenvalue weighted by atomic mass is 9.92. The third kappa shape index (κ3) is 4.35. The second-order valence-corrected chi connectivity index (χ2v) is 9.95. The molecule has 0 bridgehead atoms. The zero-order valence-electron chi connectivity index (χ0n) is 20.0. The summed E-state index contributed by atoms with van der Waals surface area (Å²) in [6.07, 6.45) is 0. The molecule has 0 aliphatic carbocycles. The number of Topliss-reactive ketones (excluding diaryl/α,β-unsaturated/α-hetero) is 1. The lowest BCUT2D eigenvalue weighted by Gasteiger charge is -2.27. The zero-order chi connectivity index (χ0) is 24.6. The number of hydrogen-bond donors (Lipinski definition) is 1. The molecule has 34 heavy (non-hydrogen) atoms. The number of aliphatic hydroxyl groups is 1. The van der Waals surface area contributed by atoms with Crippen molar-refractivity contribution in [1.29, 1.82) is 0 Å². The zero-order valence-corrected chi connectivity index (χ0v) is 20.8. The molecule has 7 heteroatoms. The van der Waals surface area contributed by atoms with E-state index in [1.807, 2.05) is 55.5 Å². The van der Waals surface area contributed by atoms with E-state index < -0.39 is 17.7 Å². The number of hydrogen-bond acceptors (Lipinski definition) is 6. The number of amides is 1. The number of ketones is 1. The fourth-order valence-electron chi connectivity index (χ4n) is 4.25. The molecule has 2 heterocycles. The van der Waals surface area contributed by atoms with Gasteiger partial charge in [-0.1, -0.05) is 50.2 Å². The summed E-state index contributed by atoms with van der Waals surface area (Å²) < 4.78 is 5.23. The van der Waals surface area contributed by atoms with Crippen molar-refractivity contribution < 1.29 is 19.4 Å². The largest absolute Gasteiger partial charge is 0.503 e. The van der Waals surface area contributed by atoms with Crippen LogP contribution >= 0.6 is 11.3 Å². The standard InChI is InChI=1S/C27H28N2O4S/c1-15(2)19-8-10-20(11-9-19)23-22(24(30)26-16(3)28-17(4)34-26)25(31)27(32)29(23)14-18-6-12-21(33-5)13-7-18/h6-13,15,23,31H,14H2,1-5H3. The van der Waals surface area contributed by atoms with E-state index in [-0.39, 0.29) is 17.9 Å². The Morgan fingerprint density at radius 1 is 1.12 bits per heavy atom. The van der Waals surface area contributed by atoms with E-state index in [1.165, 1.54) is 11.3 Å². The first-order valence-electron chi connectivity index (χ1n) is 11.2. The summed E-state index contributed by atoms with van der Waals surface area (Å²) in [5, 5.41) is 11.7. The second-order valence-electron chi connectivity index (χ2n) is 8.74. The summed E-state index contributed by atoms with van der Waals surface area (Å²) in [6.45, 7) is 8.06. The summed E-state index contributed by atoms with van der Waals surface area (Å²) in [7, 11) is 1.60. The van der Waals surface area contributed by atoms with Crippen molar-refractivity contribution >= 4 is 23.0 Å². The van der Waals surface area contributed by atoms with Crippen molar-refractivity contribution in [2.24, 2.45) is 0 Å². The van der Waals surface area contributed by atoms with Gasteiger partial charge < -0.3 is 14.7 Å². The van der Waals surface area contributed by atoms with E-state index in [4.69, 9.17) is 4.74 Å². The highest BCUT2D eigenvalue weighted by Gasteiger charge is 2.44. The second kappa shape index (κ2) is 9.43. The fourth-order valence-corrected chi connectivity index (χ4v) is 5.12. The predicted octanol–water partition coefficient (Wildman–Crippen LogP) is 5.67. The Morgan fingerprint density at radius 2 is 1.76 bits per heavy atom. The maximum Gasteiger partial charge on any atom is 0.290 e. The van der Waals surface area contributed by atoms with Gasteiger partial charge in [-0.2, -0.15) is 0 Å². The van der Waals surface area contributed by atoms with Crippen LogP contribution in [0.15, 0.2) is 59.9 Å². The van der Waals surface area contributed by atoms with Gasteiger partial charge in [-0.3, -0.25) is 9.59 Å². The Morgan fingerprint density at radius 3 is 2.29 bits per heavy atom. The number of thiazole rings is 1. The summed E-state index contributed by atoms with van der Waals surface area (Å²) >= 11 is 1.28. The maximum absolute atomic E-state index is 13.6. The molecular formula is C27H28N2O4S. The molecule has 2 aromatic carbocycles. The first-order chi connectivity index (χ1) is 16.2. The number of aliphatic hydroxyl groups excluding tert-OH is 1. The average molecular weight is 477 g/mol. The van der Waals surface area contributed by atoms with E-state index in [1.54, 1.807) is 18.9 Å². The quantitative estimate of drug-likeness (QED) is 0.445. The molecule has 1 amide bonds. The number of carbonyl (C=O) groups excluding carboxylic acids is 2. The van der Waals surface area contributed by atoms with Crippen molar-refractivity contribution in [3.63, 3.8) is 0 Å². The SMILES string of the molecule is COc1ccc(CN2C(=O)C(O)=C(C(=O)c3sc(C)nc3C)C2c2ccc(C(C)C)cc2)cc1. The molecule has 176 valence electrons. The van der Waals surface area contributed by atoms with Crippen LogP contribution in [0.1, 0.15) is 62.9 Å². The summed E-state index contributed by atoms with van der Waals surface area (Å²) in [4.78, 5) is 33.3. The van der Waals surface area contributed by atoms with E-state index >= 15 is 0 Å². The fraction of sp³-hybridized carbons (Fsp3) is 0.296. The number of carbonyl (C=O) groups is 2. The van der Waals surface area contributed by atoms with Crippen molar-refractivity contribution in [1.82, 2.24) is 9.88 Å². The lowest BCUT2D eigenvalue weighted by Crippen LogP contribution is -2.30. The number of nitrogens with zero attached hydrogens (tertiary/aromatic N) is 2. The molecule has 0 saturated heterocycles. The van der Waals surface area contributed by atoms with E-state index in [0.717, 1.165) is 21.7 Å². The summed E-state index contributed by atoms with van der Waals surface area (Å²) in [5.74, 6) is -0.352. The van der Waals surface area contributed by atoms with Gasteiger partial charge in [0, 0.05) is 6.54 Å². The van der Waals surface area contributed by atoms with Crippen molar-refractivity contribution in [2.75, 3.05) is 7.11 Å². The van der Waals surface area contributed by atoms with Gasteiger partial charge in [-0.05, 0) is 48.6 Å². The van der Waals surface area contributed by atoms with Gasteiger partial charge in [0.25, 0.3) is 5.91 Å². The third-order valence-corrected chi connectivity index (χ3v) is 7.16. The number of benzene rings is 2. The van der Waals surface area contributed by atoms with Gasteiger partial charge >= 0.3 is 0 Å². The van der Waals surface area contributed by atoms with Crippen LogP contribution in [0.5, 0.6) is 5.75 Å². The van der Waals surface area contributed by atoms with Gasteiger partial charge in [0.2, 0.25) is 5.78 Å². The lowest BCUT2D eigenvalue weighted by molar-refractivity contribution is -0.130. The third-order valence-electron chi connectivity index (χ3n) is 6.09. The predicted molar refractivity (Wildman–Crippen MR) is 132 cm³/mol. The topological polar surface area (TPSA) is 79.7 Å². The van der Waals surface area contributed by atoms with Crippen LogP contribution in [0, 0.1) is 13.8 Å². The van der Waals surface area contributed by atoms with Crippen molar-refractivity contribution in [3.8, 4) is 5.75 Å². The highest BCUT2D eigenvalue weighted by molar-refractivity contribution is 7.14. The van der Waals surface area contributed by atoms with Crippen LogP contribution in [-0.4, -0.2) is 33.8 Å². The molecule has 1 atom stereocenters. The minimum Gasteiger partial charge on any atom is -0.503 e. The molecule has 3 aromatic rings. The van der Waals surface area contributed by atoms with Crippen LogP contribution in [0.3, 0.4) is 0 Å². The molecule has 0 saturated carbocycles. The molecule has 1 unspecified atom stereocenters. The van der Waals surface area contributed by atoms with Crippen LogP contribution in [0.25, 0.3) is 0 Å². The Bertz CT molecular complexity index is 1260. The van der Waals surface area contributed by atoms with Crippen LogP contribution in [0.4, 0.5) is 0 Å². The normalized spacial score (nSPS) is 16.0. The monoisotopic (exact) mass is 476 g/mol. The highest BCUT2D eigenvalue weighted by atomic mass is 32.1. The number of aryl methyl sites for hydroxylation is 2. The van der Waals surface area contributed by atoms with Crippen LogP contribution in [-0.2, 0) is 11.3 Å². The first kappa shape index (κ1) is 23.7. The van der Waals surface area contributed by atoms with Crippen LogP contribution in [0.2, 0.25) is 0 Å². The van der Waals surface area contributed by atoms with Gasteiger partial charge in [-0.15, -0.1) is 11.3 Å². The molecule has 1 aliphatic heterocycles. The molecular weight excluding hydrogens is 448 g/mol. The number of aromatic nitrogens is 1. The Kier molecular flexibility index (Phi) is 6.57. The molecule has 6 nitrogen and oxygen atoms in total. The Balaban J connectivity index is 1.78. The Labute approximate surface area is 203 Å². The van der Waals surface area contributed by atoms with E-state index in [9.17, 15) is 14.7 Å². The molecule has 0 fully saturated rings. The van der Waals surface area contributed by atoms with Gasteiger partial charge in [0.15, 0.2) is 5.76 Å². The number of ether oxygens (including phenoxy) is 1. The molecule has 4 rings (SSSR count). The summed E-state index contributed by atoms with van der Waals surface area (Å²) in [6, 6.07) is 14.6. The molecule has 0 spiro atoms.